The van der Waals surface area contributed by atoms with Crippen molar-refractivity contribution in [3.05, 3.63) is 59.9 Å². The zero-order valence-corrected chi connectivity index (χ0v) is 20.9. The maximum absolute atomic E-state index is 13.4. The molecule has 3 N–H and O–H groups in total. The van der Waals surface area contributed by atoms with Gasteiger partial charge in [-0.05, 0) is 44.5 Å². The number of Topliss-reactive ketones (excluding diaryl/α,β-unsaturated/α-hetero) is 1. The average molecular weight is 504 g/mol. The van der Waals surface area contributed by atoms with E-state index in [1.54, 1.807) is 23.2 Å². The molecule has 0 radical (unpaired) electrons. The standard InChI is InChI=1S/C28H30FN5O3/c1-3-34(4-2)28(37)17-12-21-24(22(35)13-17)26(31-18-8-6-5-7-9-18)25(32-21)16-10-11-30-23(14-16)33-27(36)19-15-20(19)29/h5-11,14,17,19-20,31-32H,3-4,12-13,15H2,1-2H3,(H,30,33,36)/t17?,19-,20+/m1/s1. The molecular weight excluding hydrogens is 473 g/mol. The van der Waals surface area contributed by atoms with Crippen molar-refractivity contribution < 1.29 is 18.8 Å². The van der Waals surface area contributed by atoms with Crippen molar-refractivity contribution in [3.63, 3.8) is 0 Å². The van der Waals surface area contributed by atoms with Crippen LogP contribution >= 0.6 is 0 Å². The second kappa shape index (κ2) is 10.2. The summed E-state index contributed by atoms with van der Waals surface area (Å²) in [5, 5.41) is 6.08. The number of amides is 2. The number of rotatable bonds is 8. The number of benzene rings is 1. The summed E-state index contributed by atoms with van der Waals surface area (Å²) >= 11 is 0. The zero-order valence-electron chi connectivity index (χ0n) is 20.9. The van der Waals surface area contributed by atoms with Gasteiger partial charge in [-0.15, -0.1) is 0 Å². The number of H-pyrrole nitrogens is 1. The predicted molar refractivity (Wildman–Crippen MR) is 139 cm³/mol. The van der Waals surface area contributed by atoms with E-state index in [1.807, 2.05) is 44.2 Å². The lowest BCUT2D eigenvalue weighted by molar-refractivity contribution is -0.135. The molecule has 1 fully saturated rings. The molecule has 9 heteroatoms. The number of alkyl halides is 1. The van der Waals surface area contributed by atoms with E-state index in [-0.39, 0.29) is 24.5 Å². The van der Waals surface area contributed by atoms with Crippen LogP contribution in [0.15, 0.2) is 48.7 Å². The number of hydrogen-bond donors (Lipinski definition) is 3. The van der Waals surface area contributed by atoms with E-state index in [0.717, 1.165) is 5.69 Å². The fraction of sp³-hybridized carbons (Fsp3) is 0.357. The van der Waals surface area contributed by atoms with Gasteiger partial charge in [0.25, 0.3) is 0 Å². The third-order valence-corrected chi connectivity index (χ3v) is 7.06. The van der Waals surface area contributed by atoms with Crippen LogP contribution in [0.4, 0.5) is 21.6 Å². The van der Waals surface area contributed by atoms with E-state index >= 15 is 0 Å². The molecule has 0 spiro atoms. The normalized spacial score (nSPS) is 20.2. The number of halogens is 1. The lowest BCUT2D eigenvalue weighted by atomic mass is 9.85. The highest BCUT2D eigenvalue weighted by atomic mass is 19.1. The highest BCUT2D eigenvalue weighted by molar-refractivity contribution is 6.09. The Morgan fingerprint density at radius 2 is 1.86 bits per heavy atom. The Labute approximate surface area is 214 Å². The molecule has 192 valence electrons. The van der Waals surface area contributed by atoms with Crippen molar-refractivity contribution in [1.82, 2.24) is 14.9 Å². The molecule has 2 heterocycles. The van der Waals surface area contributed by atoms with Gasteiger partial charge in [0.15, 0.2) is 5.78 Å². The number of anilines is 3. The van der Waals surface area contributed by atoms with Crippen LogP contribution in [0, 0.1) is 11.8 Å². The summed E-state index contributed by atoms with van der Waals surface area (Å²) in [6.07, 6.45) is 1.26. The van der Waals surface area contributed by atoms with E-state index in [9.17, 15) is 18.8 Å². The maximum atomic E-state index is 13.4. The number of ketones is 1. The molecule has 5 rings (SSSR count). The first-order valence-electron chi connectivity index (χ1n) is 12.7. The first-order valence-corrected chi connectivity index (χ1v) is 12.7. The van der Waals surface area contributed by atoms with Crippen LogP contribution in [0.5, 0.6) is 0 Å². The van der Waals surface area contributed by atoms with Gasteiger partial charge in [-0.25, -0.2) is 9.37 Å². The molecule has 2 aromatic heterocycles. The summed E-state index contributed by atoms with van der Waals surface area (Å²) in [6.45, 7) is 5.06. The Kier molecular flexibility index (Phi) is 6.78. The van der Waals surface area contributed by atoms with Gasteiger partial charge in [0, 0.05) is 49.1 Å². The molecule has 3 aromatic rings. The molecule has 8 nitrogen and oxygen atoms in total. The molecule has 0 aliphatic heterocycles. The molecule has 1 unspecified atom stereocenters. The quantitative estimate of drug-likeness (QED) is 0.412. The van der Waals surface area contributed by atoms with Gasteiger partial charge in [-0.3, -0.25) is 14.4 Å². The zero-order chi connectivity index (χ0) is 26.1. The van der Waals surface area contributed by atoms with E-state index in [0.29, 0.717) is 53.5 Å². The second-order valence-electron chi connectivity index (χ2n) is 9.54. The summed E-state index contributed by atoms with van der Waals surface area (Å²) in [5.74, 6) is -1.25. The third-order valence-electron chi connectivity index (χ3n) is 7.06. The first kappa shape index (κ1) is 24.7. The smallest absolute Gasteiger partial charge is 0.231 e. The SMILES string of the molecule is CCN(CC)C(=O)C1CC(=O)c2c([nH]c(-c3ccnc(NC(=O)[C@@H]4C[C@@H]4F)c3)c2Nc2ccccc2)C1. The number of pyridine rings is 1. The molecule has 2 aliphatic carbocycles. The lowest BCUT2D eigenvalue weighted by Gasteiger charge is -2.27. The van der Waals surface area contributed by atoms with Crippen molar-refractivity contribution in [1.29, 1.82) is 0 Å². The predicted octanol–water partition coefficient (Wildman–Crippen LogP) is 4.73. The minimum Gasteiger partial charge on any atom is -0.356 e. The third kappa shape index (κ3) is 4.98. The molecule has 2 amide bonds. The highest BCUT2D eigenvalue weighted by Crippen LogP contribution is 2.41. The summed E-state index contributed by atoms with van der Waals surface area (Å²) in [5.41, 5.74) is 4.04. The number of carbonyl (C=O) groups is 3. The van der Waals surface area contributed by atoms with Crippen LogP contribution < -0.4 is 10.6 Å². The number of carbonyl (C=O) groups excluding carboxylic acids is 3. The van der Waals surface area contributed by atoms with Crippen molar-refractivity contribution >= 4 is 34.8 Å². The van der Waals surface area contributed by atoms with Crippen molar-refractivity contribution in [2.75, 3.05) is 23.7 Å². The van der Waals surface area contributed by atoms with Crippen LogP contribution in [-0.4, -0.2) is 51.7 Å². The van der Waals surface area contributed by atoms with Gasteiger partial charge >= 0.3 is 0 Å². The summed E-state index contributed by atoms with van der Waals surface area (Å²) in [6, 6.07) is 13.0. The number of fused-ring (bicyclic) bond motifs is 1. The molecule has 1 saturated carbocycles. The Bertz CT molecular complexity index is 1330. The van der Waals surface area contributed by atoms with Gasteiger partial charge < -0.3 is 20.5 Å². The van der Waals surface area contributed by atoms with Gasteiger partial charge in [0.1, 0.15) is 12.0 Å². The minimum atomic E-state index is -1.10. The molecule has 0 saturated heterocycles. The summed E-state index contributed by atoms with van der Waals surface area (Å²) < 4.78 is 13.3. The Morgan fingerprint density at radius 3 is 2.54 bits per heavy atom. The number of nitrogens with one attached hydrogen (secondary N) is 3. The average Bonchev–Trinajstić information content (AvgIpc) is 3.53. The fourth-order valence-corrected chi connectivity index (χ4v) is 4.94. The Morgan fingerprint density at radius 1 is 1.14 bits per heavy atom. The van der Waals surface area contributed by atoms with Gasteiger partial charge in [0.2, 0.25) is 11.8 Å². The van der Waals surface area contributed by atoms with Crippen LogP contribution in [0.1, 0.15) is 42.7 Å². The second-order valence-corrected chi connectivity index (χ2v) is 9.54. The fourth-order valence-electron chi connectivity index (χ4n) is 4.94. The summed E-state index contributed by atoms with van der Waals surface area (Å²) in [7, 11) is 0. The molecule has 2 aliphatic rings. The van der Waals surface area contributed by atoms with Gasteiger partial charge in [-0.2, -0.15) is 0 Å². The largest absolute Gasteiger partial charge is 0.356 e. The number of hydrogen-bond acceptors (Lipinski definition) is 5. The summed E-state index contributed by atoms with van der Waals surface area (Å²) in [4.78, 5) is 48.1. The Hall–Kier alpha value is -4.01. The number of aromatic nitrogens is 2. The topological polar surface area (TPSA) is 107 Å². The van der Waals surface area contributed by atoms with Crippen molar-refractivity contribution in [3.8, 4) is 11.3 Å². The Balaban J connectivity index is 1.52. The number of aromatic amines is 1. The van der Waals surface area contributed by atoms with Gasteiger partial charge in [0.05, 0.1) is 28.8 Å². The molecule has 37 heavy (non-hydrogen) atoms. The van der Waals surface area contributed by atoms with Crippen LogP contribution in [-0.2, 0) is 16.0 Å². The first-order chi connectivity index (χ1) is 17.9. The van der Waals surface area contributed by atoms with Crippen molar-refractivity contribution in [2.24, 2.45) is 11.8 Å². The van der Waals surface area contributed by atoms with E-state index in [1.165, 1.54) is 0 Å². The van der Waals surface area contributed by atoms with Crippen LogP contribution in [0.2, 0.25) is 0 Å². The molecule has 0 bridgehead atoms. The van der Waals surface area contributed by atoms with Crippen molar-refractivity contribution in [2.45, 2.75) is 39.3 Å². The van der Waals surface area contributed by atoms with Crippen LogP contribution in [0.25, 0.3) is 11.3 Å². The lowest BCUT2D eigenvalue weighted by Crippen LogP contribution is -2.39. The highest BCUT2D eigenvalue weighted by Gasteiger charge is 2.43. The maximum Gasteiger partial charge on any atom is 0.231 e. The number of nitrogens with zero attached hydrogens (tertiary/aromatic N) is 2. The van der Waals surface area contributed by atoms with E-state index < -0.39 is 23.9 Å². The van der Waals surface area contributed by atoms with Gasteiger partial charge in [-0.1, -0.05) is 18.2 Å². The minimum absolute atomic E-state index is 0.0159. The molecule has 3 atom stereocenters. The molecular formula is C28H30FN5O3. The van der Waals surface area contributed by atoms with Crippen LogP contribution in [0.3, 0.4) is 0 Å². The molecule has 1 aromatic carbocycles. The monoisotopic (exact) mass is 503 g/mol. The van der Waals surface area contributed by atoms with E-state index in [2.05, 4.69) is 20.6 Å². The number of para-hydroxylation sites is 1. The van der Waals surface area contributed by atoms with E-state index in [4.69, 9.17) is 0 Å².